The first-order chi connectivity index (χ1) is 9.97. The molecule has 5 nitrogen and oxygen atoms in total. The third-order valence-corrected chi connectivity index (χ3v) is 2.87. The first-order valence-corrected chi connectivity index (χ1v) is 6.67. The number of carbonyl (C=O) groups is 1. The molecule has 0 fully saturated rings. The van der Waals surface area contributed by atoms with E-state index in [1.165, 1.54) is 6.07 Å². The van der Waals surface area contributed by atoms with Crippen molar-refractivity contribution in [2.75, 3.05) is 6.61 Å². The molecule has 0 saturated carbocycles. The van der Waals surface area contributed by atoms with E-state index in [0.29, 0.717) is 24.0 Å². The number of ether oxygens (including phenoxy) is 1. The van der Waals surface area contributed by atoms with Gasteiger partial charge in [-0.2, -0.15) is 0 Å². The highest BCUT2D eigenvalue weighted by atomic mass is 16.5. The number of aromatic carboxylic acids is 1. The number of hydrogen-bond donors (Lipinski definition) is 2. The summed E-state index contributed by atoms with van der Waals surface area (Å²) in [6.07, 6.45) is 0. The number of carboxylic acids is 1. The van der Waals surface area contributed by atoms with E-state index in [1.54, 1.807) is 6.07 Å². The van der Waals surface area contributed by atoms with E-state index >= 15 is 0 Å². The zero-order valence-corrected chi connectivity index (χ0v) is 11.9. The minimum atomic E-state index is -1.24. The van der Waals surface area contributed by atoms with E-state index in [9.17, 15) is 9.59 Å². The maximum Gasteiger partial charge on any atom is 0.341 e. The Labute approximate surface area is 122 Å². The van der Waals surface area contributed by atoms with E-state index < -0.39 is 11.5 Å². The van der Waals surface area contributed by atoms with Gasteiger partial charge in [-0.3, -0.25) is 4.79 Å². The summed E-state index contributed by atoms with van der Waals surface area (Å²) in [4.78, 5) is 25.1. The molecule has 110 valence electrons. The molecule has 2 rings (SSSR count). The van der Waals surface area contributed by atoms with Gasteiger partial charge in [-0.25, -0.2) is 4.79 Å². The first kappa shape index (κ1) is 14.8. The van der Waals surface area contributed by atoms with Crippen LogP contribution in [0.4, 0.5) is 0 Å². The molecule has 5 heteroatoms. The molecule has 0 amide bonds. The van der Waals surface area contributed by atoms with Crippen LogP contribution in [0.5, 0.6) is 5.75 Å². The number of rotatable bonds is 5. The van der Waals surface area contributed by atoms with Crippen LogP contribution in [0, 0.1) is 5.92 Å². The number of hydrogen-bond acceptors (Lipinski definition) is 3. The summed E-state index contributed by atoms with van der Waals surface area (Å²) in [7, 11) is 0. The fourth-order valence-electron chi connectivity index (χ4n) is 1.83. The molecule has 2 N–H and O–H groups in total. The highest BCUT2D eigenvalue weighted by molar-refractivity contribution is 5.87. The van der Waals surface area contributed by atoms with Gasteiger partial charge in [-0.15, -0.1) is 0 Å². The van der Waals surface area contributed by atoms with Crippen LogP contribution >= 0.6 is 0 Å². The molecular weight excluding hydrogens is 270 g/mol. The van der Waals surface area contributed by atoms with Crippen molar-refractivity contribution in [2.45, 2.75) is 13.8 Å². The van der Waals surface area contributed by atoms with Crippen molar-refractivity contribution in [3.05, 3.63) is 52.3 Å². The van der Waals surface area contributed by atoms with Crippen molar-refractivity contribution in [2.24, 2.45) is 5.92 Å². The highest BCUT2D eigenvalue weighted by Crippen LogP contribution is 2.22. The van der Waals surface area contributed by atoms with Crippen molar-refractivity contribution in [3.8, 4) is 17.0 Å². The predicted octanol–water partition coefficient (Wildman–Crippen LogP) is 2.77. The molecule has 1 heterocycles. The Kier molecular flexibility index (Phi) is 4.42. The molecular formula is C16H17NO4. The number of aromatic nitrogens is 1. The summed E-state index contributed by atoms with van der Waals surface area (Å²) in [6, 6.07) is 10.2. The fourth-order valence-corrected chi connectivity index (χ4v) is 1.83. The molecule has 21 heavy (non-hydrogen) atoms. The lowest BCUT2D eigenvalue weighted by molar-refractivity contribution is 0.0695. The first-order valence-electron chi connectivity index (χ1n) is 6.67. The molecule has 0 aliphatic heterocycles. The molecule has 1 aromatic carbocycles. The molecule has 0 saturated heterocycles. The molecule has 0 spiro atoms. The quantitative estimate of drug-likeness (QED) is 0.886. The Balaban J connectivity index is 2.30. The Morgan fingerprint density at radius 3 is 2.67 bits per heavy atom. The van der Waals surface area contributed by atoms with Gasteiger partial charge in [0.25, 0.3) is 5.56 Å². The van der Waals surface area contributed by atoms with E-state index in [1.807, 2.05) is 24.3 Å². The van der Waals surface area contributed by atoms with Gasteiger partial charge in [0, 0.05) is 11.3 Å². The van der Waals surface area contributed by atoms with Gasteiger partial charge in [0.2, 0.25) is 0 Å². The van der Waals surface area contributed by atoms with E-state index in [0.717, 1.165) is 5.56 Å². The second-order valence-electron chi connectivity index (χ2n) is 5.15. The highest BCUT2D eigenvalue weighted by Gasteiger charge is 2.09. The second-order valence-corrected chi connectivity index (χ2v) is 5.15. The van der Waals surface area contributed by atoms with Crippen LogP contribution in [-0.2, 0) is 0 Å². The normalized spacial score (nSPS) is 10.6. The standard InChI is InChI=1S/C16H17NO4/c1-10(2)9-21-12-5-3-4-11(8-12)14-7-6-13(16(19)20)15(18)17-14/h3-8,10H,9H2,1-2H3,(H,17,18)(H,19,20). The minimum Gasteiger partial charge on any atom is -0.493 e. The Bertz CT molecular complexity index is 703. The van der Waals surface area contributed by atoms with Crippen LogP contribution in [0.2, 0.25) is 0 Å². The van der Waals surface area contributed by atoms with Crippen molar-refractivity contribution >= 4 is 5.97 Å². The zero-order chi connectivity index (χ0) is 15.4. The summed E-state index contributed by atoms with van der Waals surface area (Å²) in [5.41, 5.74) is 0.435. The van der Waals surface area contributed by atoms with Gasteiger partial charge in [-0.05, 0) is 30.2 Å². The van der Waals surface area contributed by atoms with Crippen LogP contribution < -0.4 is 10.3 Å². The minimum absolute atomic E-state index is 0.272. The smallest absolute Gasteiger partial charge is 0.341 e. The zero-order valence-electron chi connectivity index (χ0n) is 11.9. The van der Waals surface area contributed by atoms with Crippen molar-refractivity contribution in [3.63, 3.8) is 0 Å². The van der Waals surface area contributed by atoms with E-state index in [-0.39, 0.29) is 5.56 Å². The van der Waals surface area contributed by atoms with Gasteiger partial charge in [0.05, 0.1) is 6.61 Å². The van der Waals surface area contributed by atoms with Gasteiger partial charge in [0.1, 0.15) is 11.3 Å². The lowest BCUT2D eigenvalue weighted by Crippen LogP contribution is -2.17. The molecule has 0 atom stereocenters. The maximum absolute atomic E-state index is 11.7. The summed E-state index contributed by atoms with van der Waals surface area (Å²) in [5.74, 6) is -0.107. The maximum atomic E-state index is 11.7. The van der Waals surface area contributed by atoms with Crippen LogP contribution in [0.15, 0.2) is 41.2 Å². The molecule has 0 aliphatic rings. The van der Waals surface area contributed by atoms with E-state index in [2.05, 4.69) is 18.8 Å². The molecule has 0 radical (unpaired) electrons. The van der Waals surface area contributed by atoms with Gasteiger partial charge in [-0.1, -0.05) is 26.0 Å². The van der Waals surface area contributed by atoms with Crippen molar-refractivity contribution in [1.82, 2.24) is 4.98 Å². The number of nitrogens with one attached hydrogen (secondary N) is 1. The largest absolute Gasteiger partial charge is 0.493 e. The number of benzene rings is 1. The van der Waals surface area contributed by atoms with Gasteiger partial charge >= 0.3 is 5.97 Å². The van der Waals surface area contributed by atoms with Crippen LogP contribution in [-0.4, -0.2) is 22.7 Å². The second kappa shape index (κ2) is 6.26. The third-order valence-electron chi connectivity index (χ3n) is 2.87. The summed E-state index contributed by atoms with van der Waals surface area (Å²) < 4.78 is 5.64. The summed E-state index contributed by atoms with van der Waals surface area (Å²) >= 11 is 0. The molecule has 0 bridgehead atoms. The predicted molar refractivity (Wildman–Crippen MR) is 79.8 cm³/mol. The van der Waals surface area contributed by atoms with E-state index in [4.69, 9.17) is 9.84 Å². The van der Waals surface area contributed by atoms with Crippen LogP contribution in [0.3, 0.4) is 0 Å². The SMILES string of the molecule is CC(C)COc1cccc(-c2ccc(C(=O)O)c(=O)[nH]2)c1. The fraction of sp³-hybridized carbons (Fsp3) is 0.250. The van der Waals surface area contributed by atoms with Crippen molar-refractivity contribution in [1.29, 1.82) is 0 Å². The molecule has 0 unspecified atom stereocenters. The monoisotopic (exact) mass is 287 g/mol. The molecule has 0 aliphatic carbocycles. The number of pyridine rings is 1. The number of carboxylic acid groups (broad SMARTS) is 1. The lowest BCUT2D eigenvalue weighted by atomic mass is 10.1. The molecule has 2 aromatic rings. The number of aromatic amines is 1. The Morgan fingerprint density at radius 1 is 1.29 bits per heavy atom. The number of H-pyrrole nitrogens is 1. The van der Waals surface area contributed by atoms with Gasteiger partial charge in [0.15, 0.2) is 0 Å². The van der Waals surface area contributed by atoms with Crippen molar-refractivity contribution < 1.29 is 14.6 Å². The van der Waals surface area contributed by atoms with Gasteiger partial charge < -0.3 is 14.8 Å². The average Bonchev–Trinajstić information content (AvgIpc) is 2.45. The van der Waals surface area contributed by atoms with Crippen LogP contribution in [0.1, 0.15) is 24.2 Å². The Morgan fingerprint density at radius 2 is 2.05 bits per heavy atom. The third kappa shape index (κ3) is 3.72. The Hall–Kier alpha value is -2.56. The lowest BCUT2D eigenvalue weighted by Gasteiger charge is -2.10. The van der Waals surface area contributed by atoms with Crippen LogP contribution in [0.25, 0.3) is 11.3 Å². The summed E-state index contributed by atoms with van der Waals surface area (Å²) in [6.45, 7) is 4.73. The summed E-state index contributed by atoms with van der Waals surface area (Å²) in [5, 5.41) is 8.85. The molecule has 1 aromatic heterocycles. The topological polar surface area (TPSA) is 79.4 Å². The average molecular weight is 287 g/mol.